The van der Waals surface area contributed by atoms with Crippen LogP contribution in [0.3, 0.4) is 0 Å². The van der Waals surface area contributed by atoms with Crippen molar-refractivity contribution in [2.45, 2.75) is 129 Å². The molecule has 3 aliphatic carbocycles. The van der Waals surface area contributed by atoms with Crippen molar-refractivity contribution < 1.29 is 4.74 Å². The predicted molar refractivity (Wildman–Crippen MR) is 159 cm³/mol. The molecule has 214 valence electrons. The summed E-state index contributed by atoms with van der Waals surface area (Å²) in [6.45, 7) is 15.0. The molecule has 8 rings (SSSR count). The molecule has 13 atom stereocenters. The monoisotopic (exact) mass is 530 g/mol. The molecule has 13 unspecified atom stereocenters. The van der Waals surface area contributed by atoms with Gasteiger partial charge in [-0.2, -0.15) is 0 Å². The van der Waals surface area contributed by atoms with Crippen LogP contribution in [0.5, 0.6) is 0 Å². The summed E-state index contributed by atoms with van der Waals surface area (Å²) < 4.78 is 7.11. The lowest BCUT2D eigenvalue weighted by molar-refractivity contribution is -0.102. The SMILES string of the molecule is CC1=CC2C3=C(CCC4C3OC3CC(C)C=CC34)C(C3C(C)C4CC(C(C)C)CCC4C4CCCCN43)N2C1. The Hall–Kier alpha value is -0.900. The van der Waals surface area contributed by atoms with Crippen LogP contribution in [-0.4, -0.2) is 59.3 Å². The van der Waals surface area contributed by atoms with Crippen LogP contribution in [0.2, 0.25) is 0 Å². The van der Waals surface area contributed by atoms with Crippen LogP contribution in [0.15, 0.2) is 34.9 Å². The molecule has 0 amide bonds. The minimum atomic E-state index is 0.363. The number of fused-ring (bicyclic) bond motifs is 9. The number of hydrogen-bond donors (Lipinski definition) is 0. The van der Waals surface area contributed by atoms with Crippen molar-refractivity contribution in [2.24, 2.45) is 47.3 Å². The summed E-state index contributed by atoms with van der Waals surface area (Å²) in [5, 5.41) is 0. The van der Waals surface area contributed by atoms with Crippen molar-refractivity contribution in [3.05, 3.63) is 34.9 Å². The average molecular weight is 531 g/mol. The number of nitrogens with zero attached hydrogens (tertiary/aromatic N) is 2. The highest BCUT2D eigenvalue weighted by Crippen LogP contribution is 2.57. The number of piperidine rings is 2. The zero-order valence-corrected chi connectivity index (χ0v) is 25.4. The van der Waals surface area contributed by atoms with Crippen molar-refractivity contribution in [1.82, 2.24) is 9.80 Å². The maximum atomic E-state index is 7.11. The molecule has 3 nitrogen and oxygen atoms in total. The van der Waals surface area contributed by atoms with Crippen LogP contribution in [0, 0.1) is 47.3 Å². The first kappa shape index (κ1) is 25.8. The highest BCUT2D eigenvalue weighted by Gasteiger charge is 2.59. The molecule has 0 N–H and O–H groups in total. The highest BCUT2D eigenvalue weighted by molar-refractivity contribution is 5.46. The molecule has 8 aliphatic rings. The second-order valence-corrected chi connectivity index (χ2v) is 15.8. The van der Waals surface area contributed by atoms with Gasteiger partial charge in [0, 0.05) is 30.6 Å². The third kappa shape index (κ3) is 3.84. The number of rotatable bonds is 2. The van der Waals surface area contributed by atoms with E-state index in [1.807, 2.05) is 5.57 Å². The second-order valence-electron chi connectivity index (χ2n) is 15.8. The van der Waals surface area contributed by atoms with Gasteiger partial charge in [0.05, 0.1) is 18.2 Å². The summed E-state index contributed by atoms with van der Waals surface area (Å²) in [6, 6.07) is 2.64. The lowest BCUT2D eigenvalue weighted by atomic mass is 9.58. The second kappa shape index (κ2) is 9.56. The lowest BCUT2D eigenvalue weighted by Crippen LogP contribution is -2.66. The first-order chi connectivity index (χ1) is 18.9. The Morgan fingerprint density at radius 3 is 2.64 bits per heavy atom. The molecule has 5 aliphatic heterocycles. The van der Waals surface area contributed by atoms with Crippen LogP contribution in [0.1, 0.15) is 92.4 Å². The van der Waals surface area contributed by atoms with E-state index in [1.54, 1.807) is 11.1 Å². The molecule has 1 saturated carbocycles. The molecule has 0 radical (unpaired) electrons. The number of allylic oxidation sites excluding steroid dienone is 1. The zero-order valence-electron chi connectivity index (χ0n) is 25.4. The molecule has 4 fully saturated rings. The fourth-order valence-corrected chi connectivity index (χ4v) is 11.8. The van der Waals surface area contributed by atoms with Crippen molar-refractivity contribution in [1.29, 1.82) is 0 Å². The maximum absolute atomic E-state index is 7.11. The van der Waals surface area contributed by atoms with Gasteiger partial charge in [-0.15, -0.1) is 0 Å². The van der Waals surface area contributed by atoms with E-state index in [4.69, 9.17) is 4.74 Å². The molecule has 5 heterocycles. The largest absolute Gasteiger partial charge is 0.370 e. The third-order valence-corrected chi connectivity index (χ3v) is 13.5. The average Bonchev–Trinajstić information content (AvgIpc) is 3.57. The van der Waals surface area contributed by atoms with Crippen molar-refractivity contribution >= 4 is 0 Å². The van der Waals surface area contributed by atoms with Crippen LogP contribution in [0.4, 0.5) is 0 Å². The van der Waals surface area contributed by atoms with Gasteiger partial charge in [0.2, 0.25) is 0 Å². The molecule has 39 heavy (non-hydrogen) atoms. The first-order valence-electron chi connectivity index (χ1n) is 17.2. The van der Waals surface area contributed by atoms with E-state index in [0.29, 0.717) is 48.1 Å². The Morgan fingerprint density at radius 1 is 0.923 bits per heavy atom. The lowest BCUT2D eigenvalue weighted by Gasteiger charge is -2.60. The van der Waals surface area contributed by atoms with E-state index in [2.05, 4.69) is 62.6 Å². The Labute approximate surface area is 238 Å². The molecule has 3 saturated heterocycles. The van der Waals surface area contributed by atoms with Gasteiger partial charge in [0.1, 0.15) is 0 Å². The van der Waals surface area contributed by atoms with Gasteiger partial charge in [0.25, 0.3) is 0 Å². The van der Waals surface area contributed by atoms with Gasteiger partial charge in [-0.05, 0) is 117 Å². The summed E-state index contributed by atoms with van der Waals surface area (Å²) in [5.41, 5.74) is 5.18. The molecule has 3 heteroatoms. The van der Waals surface area contributed by atoms with E-state index in [1.165, 1.54) is 70.9 Å². The summed E-state index contributed by atoms with van der Waals surface area (Å²) in [6.07, 6.45) is 21.2. The fraction of sp³-hybridized carbons (Fsp3) is 0.833. The highest BCUT2D eigenvalue weighted by atomic mass is 16.5. The first-order valence-corrected chi connectivity index (χ1v) is 17.2. The van der Waals surface area contributed by atoms with Gasteiger partial charge >= 0.3 is 0 Å². The van der Waals surface area contributed by atoms with E-state index < -0.39 is 0 Å². The summed E-state index contributed by atoms with van der Waals surface area (Å²) >= 11 is 0. The van der Waals surface area contributed by atoms with Gasteiger partial charge < -0.3 is 4.74 Å². The van der Waals surface area contributed by atoms with Gasteiger partial charge in [-0.1, -0.05) is 57.9 Å². The topological polar surface area (TPSA) is 15.7 Å². The van der Waals surface area contributed by atoms with Crippen molar-refractivity contribution in [2.75, 3.05) is 13.1 Å². The Balaban J connectivity index is 1.18. The summed E-state index contributed by atoms with van der Waals surface area (Å²) in [7, 11) is 0. The molecule has 0 aromatic carbocycles. The quantitative estimate of drug-likeness (QED) is 0.350. The van der Waals surface area contributed by atoms with E-state index >= 15 is 0 Å². The van der Waals surface area contributed by atoms with E-state index in [-0.39, 0.29) is 0 Å². The van der Waals surface area contributed by atoms with Crippen molar-refractivity contribution in [3.8, 4) is 0 Å². The zero-order chi connectivity index (χ0) is 26.6. The Kier molecular flexibility index (Phi) is 6.32. The number of hydrogen-bond acceptors (Lipinski definition) is 3. The normalized spacial score (nSPS) is 51.2. The molecular weight excluding hydrogens is 476 g/mol. The smallest absolute Gasteiger partial charge is 0.0845 e. The summed E-state index contributed by atoms with van der Waals surface area (Å²) in [4.78, 5) is 6.12. The minimum absolute atomic E-state index is 0.363. The Morgan fingerprint density at radius 2 is 1.79 bits per heavy atom. The molecule has 0 aromatic heterocycles. The molecule has 0 bridgehead atoms. The Bertz CT molecular complexity index is 1070. The summed E-state index contributed by atoms with van der Waals surface area (Å²) in [5.74, 6) is 6.45. The standard InChI is InChI=1S/C36H54N2O/c1-20(2)24-10-12-25-29(18-24)23(5)34(37-15-7-6-8-30(25)37)35-28-14-13-27-26-11-9-21(3)17-32(26)39-36(27)33(28)31-16-22(4)19-38(31)35/h9,11,16,20-21,23-27,29-32,34-36H,6-8,10,12-15,17-19H2,1-5H3. The van der Waals surface area contributed by atoms with Crippen LogP contribution < -0.4 is 0 Å². The molecule has 0 spiro atoms. The molecule has 0 aromatic rings. The fourth-order valence-electron chi connectivity index (χ4n) is 11.8. The van der Waals surface area contributed by atoms with Gasteiger partial charge in [-0.3, -0.25) is 9.80 Å². The van der Waals surface area contributed by atoms with Crippen LogP contribution in [0.25, 0.3) is 0 Å². The van der Waals surface area contributed by atoms with Crippen LogP contribution in [-0.2, 0) is 4.74 Å². The molecular formula is C36H54N2O. The third-order valence-electron chi connectivity index (χ3n) is 13.5. The predicted octanol–water partition coefficient (Wildman–Crippen LogP) is 7.25. The maximum Gasteiger partial charge on any atom is 0.0845 e. The van der Waals surface area contributed by atoms with E-state index in [0.717, 1.165) is 35.6 Å². The van der Waals surface area contributed by atoms with Gasteiger partial charge in [0.15, 0.2) is 0 Å². The number of ether oxygens (including phenoxy) is 1. The van der Waals surface area contributed by atoms with Crippen molar-refractivity contribution in [3.63, 3.8) is 0 Å². The van der Waals surface area contributed by atoms with E-state index in [9.17, 15) is 0 Å². The van der Waals surface area contributed by atoms with Gasteiger partial charge in [-0.25, -0.2) is 0 Å². The van der Waals surface area contributed by atoms with Crippen LogP contribution >= 0.6 is 0 Å². The minimum Gasteiger partial charge on any atom is -0.370 e.